The summed E-state index contributed by atoms with van der Waals surface area (Å²) in [4.78, 5) is 15.0. The van der Waals surface area contributed by atoms with Crippen molar-refractivity contribution in [1.82, 2.24) is 10.3 Å². The highest BCUT2D eigenvalue weighted by Gasteiger charge is 2.14. The number of aliphatic hydroxyl groups excluding tert-OH is 1. The van der Waals surface area contributed by atoms with Crippen molar-refractivity contribution >= 4 is 17.5 Å². The molecule has 1 heterocycles. The summed E-state index contributed by atoms with van der Waals surface area (Å²) in [5.74, 6) is -1.20. The van der Waals surface area contributed by atoms with E-state index in [1.165, 1.54) is 0 Å². The minimum Gasteiger partial charge on any atom is -0.394 e. The molecule has 6 heteroatoms. The first kappa shape index (κ1) is 20.1. The van der Waals surface area contributed by atoms with Gasteiger partial charge in [-0.25, -0.2) is 9.37 Å². The van der Waals surface area contributed by atoms with Crippen LogP contribution in [-0.2, 0) is 0 Å². The number of nitrogens with one attached hydrogen (secondary N) is 1. The quantitative estimate of drug-likeness (QED) is 0.842. The Balaban J connectivity index is 0. The number of carbonyl (C=O) groups excluding carboxylic acids is 1. The number of hydrogen-bond acceptors (Lipinski definition) is 3. The Morgan fingerprint density at radius 3 is 2.47 bits per heavy atom. The molecule has 0 radical (unpaired) electrons. The van der Waals surface area contributed by atoms with Gasteiger partial charge in [-0.1, -0.05) is 39.3 Å². The molecule has 1 atom stereocenters. The van der Waals surface area contributed by atoms with Crippen molar-refractivity contribution < 1.29 is 14.3 Å². The van der Waals surface area contributed by atoms with Gasteiger partial charge in [0.15, 0.2) is 0 Å². The van der Waals surface area contributed by atoms with Gasteiger partial charge in [0.05, 0.1) is 18.4 Å². The Kier molecular flexibility index (Phi) is 12.6. The zero-order valence-corrected chi connectivity index (χ0v) is 12.8. The largest absolute Gasteiger partial charge is 0.394 e. The van der Waals surface area contributed by atoms with E-state index in [0.717, 1.165) is 12.3 Å². The zero-order valence-electron chi connectivity index (χ0n) is 12.0. The highest BCUT2D eigenvalue weighted by molar-refractivity contribution is 6.32. The third kappa shape index (κ3) is 7.74. The Labute approximate surface area is 119 Å². The number of amides is 1. The van der Waals surface area contributed by atoms with Crippen LogP contribution in [0, 0.1) is 5.82 Å². The summed E-state index contributed by atoms with van der Waals surface area (Å²) in [6.45, 7) is 9.41. The van der Waals surface area contributed by atoms with Crippen molar-refractivity contribution in [3.05, 3.63) is 28.8 Å². The number of pyridine rings is 1. The fraction of sp³-hybridized carbons (Fsp3) is 0.538. The van der Waals surface area contributed by atoms with Crippen LogP contribution >= 0.6 is 11.6 Å². The van der Waals surface area contributed by atoms with Crippen LogP contribution in [0.15, 0.2) is 12.3 Å². The van der Waals surface area contributed by atoms with E-state index in [1.807, 2.05) is 27.7 Å². The van der Waals surface area contributed by atoms with Gasteiger partial charge in [-0.05, 0) is 13.0 Å². The second-order valence-corrected chi connectivity index (χ2v) is 3.41. The van der Waals surface area contributed by atoms with Crippen molar-refractivity contribution in [2.24, 2.45) is 0 Å². The maximum atomic E-state index is 12.8. The standard InChI is InChI=1S/C9H10ClFN2O2.2C2H6/c1-5(4-14)13-9(15)7-2-6(11)3-12-8(7)10;2*1-2/h2-3,5,14H,4H2,1H3,(H,13,15);2*1-2H3. The second-order valence-electron chi connectivity index (χ2n) is 3.05. The van der Waals surface area contributed by atoms with Gasteiger partial charge in [-0.15, -0.1) is 0 Å². The summed E-state index contributed by atoms with van der Waals surface area (Å²) in [5.41, 5.74) is -0.0445. The van der Waals surface area contributed by atoms with Crippen molar-refractivity contribution in [2.45, 2.75) is 40.7 Å². The van der Waals surface area contributed by atoms with Crippen molar-refractivity contribution in [3.8, 4) is 0 Å². The summed E-state index contributed by atoms with van der Waals surface area (Å²) >= 11 is 5.62. The maximum Gasteiger partial charge on any atom is 0.254 e. The summed E-state index contributed by atoms with van der Waals surface area (Å²) < 4.78 is 12.8. The van der Waals surface area contributed by atoms with E-state index >= 15 is 0 Å². The second kappa shape index (κ2) is 11.9. The summed E-state index contributed by atoms with van der Waals surface area (Å²) in [5, 5.41) is 11.1. The minimum absolute atomic E-state index is 0.0445. The molecule has 1 rings (SSSR count). The van der Waals surface area contributed by atoms with Crippen LogP contribution in [0.25, 0.3) is 0 Å². The molecule has 0 saturated carbocycles. The first-order valence-electron chi connectivity index (χ1n) is 6.27. The fourth-order valence-electron chi connectivity index (χ4n) is 0.929. The molecule has 0 saturated heterocycles. The molecular formula is C13H22ClFN2O2. The van der Waals surface area contributed by atoms with E-state index in [1.54, 1.807) is 6.92 Å². The summed E-state index contributed by atoms with van der Waals surface area (Å²) in [6.07, 6.45) is 0.925. The normalized spacial score (nSPS) is 10.3. The number of nitrogens with zero attached hydrogens (tertiary/aromatic N) is 1. The van der Waals surface area contributed by atoms with E-state index in [9.17, 15) is 9.18 Å². The van der Waals surface area contributed by atoms with Crippen LogP contribution in [-0.4, -0.2) is 28.6 Å². The lowest BCUT2D eigenvalue weighted by Gasteiger charge is -2.11. The Morgan fingerprint density at radius 1 is 1.47 bits per heavy atom. The van der Waals surface area contributed by atoms with Crippen molar-refractivity contribution in [2.75, 3.05) is 6.61 Å². The predicted molar refractivity (Wildman–Crippen MR) is 75.9 cm³/mol. The number of hydrogen-bond donors (Lipinski definition) is 2. The van der Waals surface area contributed by atoms with Crippen LogP contribution in [0.3, 0.4) is 0 Å². The van der Waals surface area contributed by atoms with Crippen LogP contribution in [0.4, 0.5) is 4.39 Å². The number of rotatable bonds is 3. The molecular weight excluding hydrogens is 271 g/mol. The molecule has 0 aliphatic rings. The predicted octanol–water partition coefficient (Wildman–Crippen LogP) is 3.04. The monoisotopic (exact) mass is 292 g/mol. The van der Waals surface area contributed by atoms with E-state index in [0.29, 0.717) is 0 Å². The molecule has 1 unspecified atom stereocenters. The molecule has 1 aromatic heterocycles. The Hall–Kier alpha value is -1.20. The van der Waals surface area contributed by atoms with Crippen molar-refractivity contribution in [3.63, 3.8) is 0 Å². The van der Waals surface area contributed by atoms with Gasteiger partial charge < -0.3 is 10.4 Å². The first-order chi connectivity index (χ1) is 9.04. The molecule has 0 aliphatic heterocycles. The smallest absolute Gasteiger partial charge is 0.254 e. The van der Waals surface area contributed by atoms with E-state index in [-0.39, 0.29) is 17.3 Å². The molecule has 110 valence electrons. The highest BCUT2D eigenvalue weighted by atomic mass is 35.5. The SMILES string of the molecule is CC.CC.CC(CO)NC(=O)c1cc(F)cnc1Cl. The molecule has 2 N–H and O–H groups in total. The number of carbonyl (C=O) groups is 1. The van der Waals surface area contributed by atoms with Gasteiger partial charge in [0, 0.05) is 6.04 Å². The lowest BCUT2D eigenvalue weighted by Crippen LogP contribution is -2.35. The molecule has 0 spiro atoms. The third-order valence-corrected chi connectivity index (χ3v) is 2.00. The molecule has 0 fully saturated rings. The molecule has 0 aliphatic carbocycles. The van der Waals surface area contributed by atoms with Crippen LogP contribution in [0.1, 0.15) is 45.0 Å². The van der Waals surface area contributed by atoms with Crippen LogP contribution in [0.2, 0.25) is 5.15 Å². The molecule has 4 nitrogen and oxygen atoms in total. The lowest BCUT2D eigenvalue weighted by atomic mass is 10.2. The number of aliphatic hydroxyl groups is 1. The van der Waals surface area contributed by atoms with Crippen molar-refractivity contribution in [1.29, 1.82) is 0 Å². The summed E-state index contributed by atoms with van der Waals surface area (Å²) in [7, 11) is 0. The topological polar surface area (TPSA) is 62.2 Å². The third-order valence-electron chi connectivity index (χ3n) is 1.70. The van der Waals surface area contributed by atoms with E-state index in [4.69, 9.17) is 16.7 Å². The highest BCUT2D eigenvalue weighted by Crippen LogP contribution is 2.13. The Morgan fingerprint density at radius 2 is 2.00 bits per heavy atom. The maximum absolute atomic E-state index is 12.8. The zero-order chi connectivity index (χ0) is 15.4. The lowest BCUT2D eigenvalue weighted by molar-refractivity contribution is 0.0921. The van der Waals surface area contributed by atoms with Gasteiger partial charge in [0.25, 0.3) is 5.91 Å². The van der Waals surface area contributed by atoms with E-state index in [2.05, 4.69) is 10.3 Å². The fourth-order valence-corrected chi connectivity index (χ4v) is 1.12. The Bertz CT molecular complexity index is 376. The molecule has 0 bridgehead atoms. The first-order valence-corrected chi connectivity index (χ1v) is 6.65. The molecule has 1 amide bonds. The number of halogens is 2. The average Bonchev–Trinajstić information content (AvgIpc) is 2.45. The van der Waals surface area contributed by atoms with Gasteiger partial charge in [-0.3, -0.25) is 4.79 Å². The average molecular weight is 293 g/mol. The number of aromatic nitrogens is 1. The van der Waals surface area contributed by atoms with Gasteiger partial charge in [0.2, 0.25) is 0 Å². The van der Waals surface area contributed by atoms with Gasteiger partial charge in [-0.2, -0.15) is 0 Å². The summed E-state index contributed by atoms with van der Waals surface area (Å²) in [6, 6.07) is 0.575. The molecule has 0 aromatic carbocycles. The van der Waals surface area contributed by atoms with E-state index < -0.39 is 17.8 Å². The minimum atomic E-state index is -0.638. The van der Waals surface area contributed by atoms with Crippen LogP contribution in [0.5, 0.6) is 0 Å². The van der Waals surface area contributed by atoms with Gasteiger partial charge in [0.1, 0.15) is 11.0 Å². The molecule has 1 aromatic rings. The van der Waals surface area contributed by atoms with Crippen LogP contribution < -0.4 is 5.32 Å². The van der Waals surface area contributed by atoms with Gasteiger partial charge >= 0.3 is 0 Å². The molecule has 19 heavy (non-hydrogen) atoms.